The second kappa shape index (κ2) is 5.65. The van der Waals surface area contributed by atoms with Gasteiger partial charge in [-0.25, -0.2) is 9.67 Å². The Hall–Kier alpha value is -2.22. The van der Waals surface area contributed by atoms with Crippen molar-refractivity contribution in [2.45, 2.75) is 20.0 Å². The second-order valence-electron chi connectivity index (χ2n) is 4.46. The average Bonchev–Trinajstić information content (AvgIpc) is 3.05. The minimum absolute atomic E-state index is 0.108. The lowest BCUT2D eigenvalue weighted by atomic mass is 10.3. The smallest absolute Gasteiger partial charge is 0.248 e. The zero-order chi connectivity index (χ0) is 14.8. The first kappa shape index (κ1) is 13.7. The second-order valence-corrected chi connectivity index (χ2v) is 5.38. The number of anilines is 1. The molecule has 3 aromatic rings. The maximum absolute atomic E-state index is 12.0. The molecule has 7 nitrogen and oxygen atoms in total. The fourth-order valence-corrected chi connectivity index (χ4v) is 2.49. The van der Waals surface area contributed by atoms with E-state index in [2.05, 4.69) is 36.5 Å². The Bertz CT molecular complexity index is 779. The number of hydrogen-bond acceptors (Lipinski definition) is 4. The number of hydrogen-bond donors (Lipinski definition) is 1. The van der Waals surface area contributed by atoms with Crippen molar-refractivity contribution < 1.29 is 4.79 Å². The van der Waals surface area contributed by atoms with E-state index in [0.29, 0.717) is 12.5 Å². The molecule has 0 spiro atoms. The summed E-state index contributed by atoms with van der Waals surface area (Å²) in [5.74, 6) is 0.347. The van der Waals surface area contributed by atoms with Gasteiger partial charge in [-0.3, -0.25) is 10.1 Å². The zero-order valence-corrected chi connectivity index (χ0v) is 12.9. The average molecular weight is 349 g/mol. The highest BCUT2D eigenvalue weighted by atomic mass is 79.9. The Morgan fingerprint density at radius 2 is 2.29 bits per heavy atom. The van der Waals surface area contributed by atoms with E-state index in [1.165, 1.54) is 10.9 Å². The van der Waals surface area contributed by atoms with Gasteiger partial charge in [0.25, 0.3) is 0 Å². The van der Waals surface area contributed by atoms with Crippen molar-refractivity contribution in [3.05, 3.63) is 35.1 Å². The molecule has 3 rings (SSSR count). The highest BCUT2D eigenvalue weighted by Gasteiger charge is 2.13. The number of carbonyl (C=O) groups excluding carboxylic acids is 1. The van der Waals surface area contributed by atoms with Crippen LogP contribution in [-0.2, 0) is 17.9 Å². The Morgan fingerprint density at radius 1 is 1.43 bits per heavy atom. The molecule has 0 atom stereocenters. The van der Waals surface area contributed by atoms with Crippen molar-refractivity contribution in [1.29, 1.82) is 0 Å². The van der Waals surface area contributed by atoms with Crippen molar-refractivity contribution in [2.24, 2.45) is 0 Å². The van der Waals surface area contributed by atoms with E-state index >= 15 is 0 Å². The van der Waals surface area contributed by atoms with Gasteiger partial charge in [0.1, 0.15) is 6.54 Å². The first-order valence-corrected chi connectivity index (χ1v) is 7.26. The van der Waals surface area contributed by atoms with Crippen molar-refractivity contribution in [3.8, 4) is 0 Å². The largest absolute Gasteiger partial charge is 0.310 e. The summed E-state index contributed by atoms with van der Waals surface area (Å²) >= 11 is 3.45. The highest BCUT2D eigenvalue weighted by molar-refractivity contribution is 9.10. The molecule has 8 heteroatoms. The fraction of sp³-hybridized carbons (Fsp3) is 0.231. The van der Waals surface area contributed by atoms with Gasteiger partial charge in [0.2, 0.25) is 11.9 Å². The summed E-state index contributed by atoms with van der Waals surface area (Å²) in [6.07, 6.45) is 3.17. The Morgan fingerprint density at radius 3 is 3.00 bits per heavy atom. The monoisotopic (exact) mass is 348 g/mol. The molecule has 2 heterocycles. The van der Waals surface area contributed by atoms with Crippen LogP contribution in [0, 0.1) is 0 Å². The lowest BCUT2D eigenvalue weighted by Gasteiger charge is -2.07. The van der Waals surface area contributed by atoms with Crippen LogP contribution in [0.2, 0.25) is 0 Å². The lowest BCUT2D eigenvalue weighted by molar-refractivity contribution is -0.117. The topological polar surface area (TPSA) is 77.6 Å². The van der Waals surface area contributed by atoms with E-state index in [4.69, 9.17) is 0 Å². The number of amides is 1. The number of fused-ring (bicyclic) bond motifs is 1. The maximum atomic E-state index is 12.0. The molecule has 1 amide bonds. The van der Waals surface area contributed by atoms with Gasteiger partial charge in [-0.1, -0.05) is 21.1 Å². The number of halogens is 1. The maximum Gasteiger partial charge on any atom is 0.248 e. The molecular formula is C13H13BrN6O. The molecule has 21 heavy (non-hydrogen) atoms. The van der Waals surface area contributed by atoms with Crippen molar-refractivity contribution >= 4 is 38.8 Å². The van der Waals surface area contributed by atoms with E-state index in [0.717, 1.165) is 15.5 Å². The van der Waals surface area contributed by atoms with Gasteiger partial charge in [0.05, 0.1) is 17.2 Å². The van der Waals surface area contributed by atoms with Crippen molar-refractivity contribution in [1.82, 2.24) is 24.5 Å². The summed E-state index contributed by atoms with van der Waals surface area (Å²) in [6.45, 7) is 2.83. The third-order valence-electron chi connectivity index (χ3n) is 3.06. The van der Waals surface area contributed by atoms with Crippen LogP contribution >= 0.6 is 15.9 Å². The van der Waals surface area contributed by atoms with Gasteiger partial charge in [0, 0.05) is 17.2 Å². The van der Waals surface area contributed by atoms with Crippen LogP contribution in [0.15, 0.2) is 35.1 Å². The standard InChI is InChI=1S/C13H13BrN6O/c1-2-20-11-7-9(14)3-4-10(11)16-13(20)17-12(21)8-19-6-5-15-18-19/h3-7H,2,8H2,1H3,(H,16,17,21). The molecule has 0 aliphatic carbocycles. The summed E-state index contributed by atoms with van der Waals surface area (Å²) in [5.41, 5.74) is 1.82. The van der Waals surface area contributed by atoms with Crippen LogP contribution in [0.4, 0.5) is 5.95 Å². The number of carbonyl (C=O) groups is 1. The molecule has 0 aliphatic rings. The van der Waals surface area contributed by atoms with Gasteiger partial charge >= 0.3 is 0 Å². The molecule has 1 aromatic carbocycles. The number of imidazole rings is 1. The number of benzene rings is 1. The lowest BCUT2D eigenvalue weighted by Crippen LogP contribution is -2.21. The fourth-order valence-electron chi connectivity index (χ4n) is 2.14. The van der Waals surface area contributed by atoms with Crippen LogP contribution in [0.25, 0.3) is 11.0 Å². The molecule has 0 unspecified atom stereocenters. The number of aromatic nitrogens is 5. The normalized spacial score (nSPS) is 11.0. The Balaban J connectivity index is 1.87. The third kappa shape index (κ3) is 2.80. The number of rotatable bonds is 4. The number of nitrogens with one attached hydrogen (secondary N) is 1. The number of aryl methyl sites for hydroxylation is 1. The third-order valence-corrected chi connectivity index (χ3v) is 3.55. The molecule has 0 fully saturated rings. The minimum Gasteiger partial charge on any atom is -0.310 e. The first-order valence-electron chi connectivity index (χ1n) is 6.47. The summed E-state index contributed by atoms with van der Waals surface area (Å²) in [6, 6.07) is 5.83. The van der Waals surface area contributed by atoms with Gasteiger partial charge < -0.3 is 4.57 Å². The van der Waals surface area contributed by atoms with Crippen LogP contribution in [-0.4, -0.2) is 30.5 Å². The first-order chi connectivity index (χ1) is 10.2. The van der Waals surface area contributed by atoms with Gasteiger partial charge in [-0.05, 0) is 25.1 Å². The predicted octanol–water partition coefficient (Wildman–Crippen LogP) is 2.05. The summed E-state index contributed by atoms with van der Waals surface area (Å²) in [4.78, 5) is 16.5. The molecule has 0 saturated heterocycles. The highest BCUT2D eigenvalue weighted by Crippen LogP contribution is 2.23. The summed E-state index contributed by atoms with van der Waals surface area (Å²) in [5, 5.41) is 10.3. The molecule has 108 valence electrons. The number of nitrogens with zero attached hydrogens (tertiary/aromatic N) is 5. The molecular weight excluding hydrogens is 336 g/mol. The Kier molecular flexibility index (Phi) is 3.70. The quantitative estimate of drug-likeness (QED) is 0.782. The molecule has 1 N–H and O–H groups in total. The molecule has 2 aromatic heterocycles. The van der Waals surface area contributed by atoms with Crippen LogP contribution < -0.4 is 5.32 Å². The van der Waals surface area contributed by atoms with Crippen LogP contribution in [0.1, 0.15) is 6.92 Å². The predicted molar refractivity (Wildman–Crippen MR) is 81.8 cm³/mol. The zero-order valence-electron chi connectivity index (χ0n) is 11.3. The van der Waals surface area contributed by atoms with Gasteiger partial charge in [-0.2, -0.15) is 0 Å². The van der Waals surface area contributed by atoms with Gasteiger partial charge in [-0.15, -0.1) is 5.10 Å². The molecule has 0 bridgehead atoms. The van der Waals surface area contributed by atoms with E-state index in [-0.39, 0.29) is 12.5 Å². The molecule has 0 aliphatic heterocycles. The summed E-state index contributed by atoms with van der Waals surface area (Å²) < 4.78 is 4.40. The van der Waals surface area contributed by atoms with Crippen LogP contribution in [0.3, 0.4) is 0 Å². The van der Waals surface area contributed by atoms with E-state index in [9.17, 15) is 4.79 Å². The van der Waals surface area contributed by atoms with E-state index < -0.39 is 0 Å². The van der Waals surface area contributed by atoms with Crippen LogP contribution in [0.5, 0.6) is 0 Å². The molecule has 0 radical (unpaired) electrons. The summed E-state index contributed by atoms with van der Waals surface area (Å²) in [7, 11) is 0. The minimum atomic E-state index is -0.190. The Labute approximate surface area is 129 Å². The van der Waals surface area contributed by atoms with Crippen molar-refractivity contribution in [2.75, 3.05) is 5.32 Å². The van der Waals surface area contributed by atoms with E-state index in [1.807, 2.05) is 29.7 Å². The van der Waals surface area contributed by atoms with Gasteiger partial charge in [0.15, 0.2) is 0 Å². The van der Waals surface area contributed by atoms with E-state index in [1.54, 1.807) is 6.20 Å². The van der Waals surface area contributed by atoms with Crippen molar-refractivity contribution in [3.63, 3.8) is 0 Å². The molecule has 0 saturated carbocycles. The SMILES string of the molecule is CCn1c(NC(=O)Cn2ccnn2)nc2ccc(Br)cc21.